The van der Waals surface area contributed by atoms with Crippen LogP contribution in [0.25, 0.3) is 0 Å². The lowest BCUT2D eigenvalue weighted by atomic mass is 9.57. The Balaban J connectivity index is 1.55. The molecule has 40 heavy (non-hydrogen) atoms. The maximum absolute atomic E-state index is 14.9. The molecule has 7 heteroatoms. The second-order valence-electron chi connectivity index (χ2n) is 11.0. The monoisotopic (exact) mass is 533 g/mol. The Morgan fingerprint density at radius 1 is 1.02 bits per heavy atom. The van der Waals surface area contributed by atoms with Gasteiger partial charge in [0.05, 0.1) is 11.5 Å². The summed E-state index contributed by atoms with van der Waals surface area (Å²) in [7, 11) is 0. The Bertz CT molecular complexity index is 1600. The molecule has 4 aliphatic rings. The zero-order valence-corrected chi connectivity index (χ0v) is 22.4. The number of carbonyl (C=O) groups is 3. The molecule has 0 saturated carbocycles. The molecule has 3 aromatic rings. The minimum Gasteiger partial charge on any atom is -0.489 e. The quantitative estimate of drug-likeness (QED) is 0.350. The molecule has 0 aromatic heterocycles. The SMILES string of the molecule is C=CCOc1ccccc1C(=O)C1C2CCCN2C2(C(=O)Nc3ccc(CC)cc32)C12C(=O)Nc1ccccc12. The van der Waals surface area contributed by atoms with Gasteiger partial charge in [-0.25, -0.2) is 0 Å². The lowest BCUT2D eigenvalue weighted by molar-refractivity contribution is -0.137. The third-order valence-electron chi connectivity index (χ3n) is 9.36. The Morgan fingerprint density at radius 3 is 2.60 bits per heavy atom. The first-order valence-electron chi connectivity index (χ1n) is 14.0. The van der Waals surface area contributed by atoms with E-state index in [1.165, 1.54) is 0 Å². The van der Waals surface area contributed by atoms with E-state index in [0.29, 0.717) is 41.2 Å². The Hall–Kier alpha value is -4.23. The number of rotatable bonds is 6. The number of aryl methyl sites for hydroxylation is 1. The molecule has 4 unspecified atom stereocenters. The normalized spacial score (nSPS) is 27.8. The van der Waals surface area contributed by atoms with Gasteiger partial charge in [-0.15, -0.1) is 0 Å². The first-order chi connectivity index (χ1) is 19.5. The number of para-hydroxylation sites is 2. The van der Waals surface area contributed by atoms with Crippen LogP contribution >= 0.6 is 0 Å². The van der Waals surface area contributed by atoms with E-state index in [0.717, 1.165) is 24.0 Å². The second kappa shape index (κ2) is 8.89. The molecule has 3 aromatic carbocycles. The van der Waals surface area contributed by atoms with Gasteiger partial charge in [0.15, 0.2) is 5.78 Å². The lowest BCUT2D eigenvalue weighted by Crippen LogP contribution is -2.62. The maximum atomic E-state index is 14.9. The van der Waals surface area contributed by atoms with E-state index >= 15 is 0 Å². The average Bonchev–Trinajstić information content (AvgIpc) is 3.70. The number of fused-ring (bicyclic) bond motifs is 7. The fourth-order valence-corrected chi connectivity index (χ4v) is 7.96. The van der Waals surface area contributed by atoms with E-state index in [1.54, 1.807) is 18.2 Å². The Kier molecular flexibility index (Phi) is 5.51. The van der Waals surface area contributed by atoms with Gasteiger partial charge in [-0.3, -0.25) is 19.3 Å². The van der Waals surface area contributed by atoms with Crippen LogP contribution in [0.1, 0.15) is 46.8 Å². The summed E-state index contributed by atoms with van der Waals surface area (Å²) in [6.07, 6.45) is 3.96. The highest BCUT2D eigenvalue weighted by atomic mass is 16.5. The number of hydrogen-bond acceptors (Lipinski definition) is 5. The standard InChI is InChI=1S/C33H31N3O4/c1-3-18-40-27-14-8-5-10-21(27)29(37)28-26-13-9-17-36(26)33(23-19-20(4-2)15-16-25(23)35-31(33)39)32(28)22-11-6-7-12-24(22)34-30(32)38/h3,5-8,10-12,14-16,19,26,28H,1,4,9,13,17-18H2,2H3,(H,34,38)(H,35,39). The molecule has 0 radical (unpaired) electrons. The third-order valence-corrected chi connectivity index (χ3v) is 9.36. The van der Waals surface area contributed by atoms with E-state index in [9.17, 15) is 14.4 Å². The molecule has 202 valence electrons. The van der Waals surface area contributed by atoms with Crippen LogP contribution < -0.4 is 15.4 Å². The number of anilines is 2. The number of carbonyl (C=O) groups excluding carboxylic acids is 3. The molecule has 7 rings (SSSR count). The molecule has 2 saturated heterocycles. The number of nitrogens with one attached hydrogen (secondary N) is 2. The number of ketones is 1. The summed E-state index contributed by atoms with van der Waals surface area (Å²) >= 11 is 0. The first kappa shape index (κ1) is 24.8. The molecule has 2 fully saturated rings. The van der Waals surface area contributed by atoms with Gasteiger partial charge in [0.1, 0.15) is 23.3 Å². The number of amides is 2. The van der Waals surface area contributed by atoms with Crippen molar-refractivity contribution in [2.45, 2.75) is 43.2 Å². The van der Waals surface area contributed by atoms with E-state index in [4.69, 9.17) is 4.74 Å². The van der Waals surface area contributed by atoms with Crippen molar-refractivity contribution in [3.05, 3.63) is 102 Å². The summed E-state index contributed by atoms with van der Waals surface area (Å²) in [5, 5.41) is 6.22. The molecule has 4 heterocycles. The van der Waals surface area contributed by atoms with Gasteiger partial charge in [-0.1, -0.05) is 62.0 Å². The molecular weight excluding hydrogens is 502 g/mol. The van der Waals surface area contributed by atoms with Gasteiger partial charge >= 0.3 is 0 Å². The molecule has 2 amide bonds. The van der Waals surface area contributed by atoms with Crippen molar-refractivity contribution in [2.75, 3.05) is 23.8 Å². The van der Waals surface area contributed by atoms with Crippen molar-refractivity contribution >= 4 is 29.0 Å². The first-order valence-corrected chi connectivity index (χ1v) is 14.0. The Morgan fingerprint density at radius 2 is 1.77 bits per heavy atom. The number of nitrogens with zero attached hydrogens (tertiary/aromatic N) is 1. The summed E-state index contributed by atoms with van der Waals surface area (Å²) in [5.74, 6) is -1.11. The van der Waals surface area contributed by atoms with Crippen LogP contribution in [0.3, 0.4) is 0 Å². The van der Waals surface area contributed by atoms with Crippen LogP contribution in [0.4, 0.5) is 11.4 Å². The van der Waals surface area contributed by atoms with E-state index in [2.05, 4.69) is 35.1 Å². The highest BCUT2D eigenvalue weighted by Gasteiger charge is 2.81. The van der Waals surface area contributed by atoms with Crippen molar-refractivity contribution in [1.29, 1.82) is 0 Å². The summed E-state index contributed by atoms with van der Waals surface area (Å²) < 4.78 is 5.92. The van der Waals surface area contributed by atoms with Crippen LogP contribution in [0.2, 0.25) is 0 Å². The van der Waals surface area contributed by atoms with Gasteiger partial charge in [0.25, 0.3) is 5.91 Å². The highest BCUT2D eigenvalue weighted by molar-refractivity contribution is 6.21. The van der Waals surface area contributed by atoms with Crippen LogP contribution in [0, 0.1) is 5.92 Å². The van der Waals surface area contributed by atoms with Gasteiger partial charge in [-0.05, 0) is 61.2 Å². The molecule has 4 aliphatic heterocycles. The zero-order valence-electron chi connectivity index (χ0n) is 22.4. The van der Waals surface area contributed by atoms with Crippen molar-refractivity contribution in [1.82, 2.24) is 4.90 Å². The number of hydrogen-bond donors (Lipinski definition) is 2. The zero-order chi connectivity index (χ0) is 27.6. The molecule has 0 aliphatic carbocycles. The van der Waals surface area contributed by atoms with E-state index < -0.39 is 16.9 Å². The molecular formula is C33H31N3O4. The van der Waals surface area contributed by atoms with Crippen LogP contribution in [0.15, 0.2) is 79.4 Å². The largest absolute Gasteiger partial charge is 0.489 e. The molecule has 4 atom stereocenters. The van der Waals surface area contributed by atoms with Gasteiger partial charge in [0, 0.05) is 23.0 Å². The minimum atomic E-state index is -1.47. The predicted octanol–water partition coefficient (Wildman–Crippen LogP) is 4.83. The highest BCUT2D eigenvalue weighted by Crippen LogP contribution is 2.68. The second-order valence-corrected chi connectivity index (χ2v) is 11.0. The van der Waals surface area contributed by atoms with Crippen LogP contribution in [-0.4, -0.2) is 41.7 Å². The fourth-order valence-electron chi connectivity index (χ4n) is 7.96. The number of benzene rings is 3. The number of Topliss-reactive ketones (excluding diaryl/α,β-unsaturated/α-hetero) is 1. The van der Waals surface area contributed by atoms with Crippen LogP contribution in [0.5, 0.6) is 5.75 Å². The van der Waals surface area contributed by atoms with Gasteiger partial charge in [0.2, 0.25) is 5.91 Å². The van der Waals surface area contributed by atoms with Crippen LogP contribution in [-0.2, 0) is 27.0 Å². The Labute approximate surface area is 233 Å². The molecule has 7 nitrogen and oxygen atoms in total. The fraction of sp³-hybridized carbons (Fsp3) is 0.303. The van der Waals surface area contributed by atoms with Crippen molar-refractivity contribution in [3.63, 3.8) is 0 Å². The predicted molar refractivity (Wildman–Crippen MR) is 153 cm³/mol. The summed E-state index contributed by atoms with van der Waals surface area (Å²) in [6, 6.07) is 20.4. The van der Waals surface area contributed by atoms with Gasteiger partial charge < -0.3 is 15.4 Å². The lowest BCUT2D eigenvalue weighted by Gasteiger charge is -2.43. The van der Waals surface area contributed by atoms with Crippen molar-refractivity contribution in [3.8, 4) is 5.75 Å². The van der Waals surface area contributed by atoms with Crippen molar-refractivity contribution < 1.29 is 19.1 Å². The average molecular weight is 534 g/mol. The topological polar surface area (TPSA) is 87.7 Å². The maximum Gasteiger partial charge on any atom is 0.251 e. The van der Waals surface area contributed by atoms with Gasteiger partial charge in [-0.2, -0.15) is 0 Å². The molecule has 2 spiro atoms. The molecule has 2 N–H and O–H groups in total. The third kappa shape index (κ3) is 2.90. The number of ether oxygens (including phenoxy) is 1. The summed E-state index contributed by atoms with van der Waals surface area (Å²) in [5.41, 5.74) is 1.47. The minimum absolute atomic E-state index is 0.187. The van der Waals surface area contributed by atoms with Crippen molar-refractivity contribution in [2.24, 2.45) is 5.92 Å². The van der Waals surface area contributed by atoms with E-state index in [1.807, 2.05) is 48.5 Å². The molecule has 0 bridgehead atoms. The van der Waals surface area contributed by atoms with E-state index in [-0.39, 0.29) is 30.2 Å². The smallest absolute Gasteiger partial charge is 0.251 e. The summed E-state index contributed by atoms with van der Waals surface area (Å²) in [6.45, 7) is 6.68. The summed E-state index contributed by atoms with van der Waals surface area (Å²) in [4.78, 5) is 46.3.